The van der Waals surface area contributed by atoms with Crippen LogP contribution in [0.3, 0.4) is 0 Å². The SMILES string of the molecule is COc1cc2c(c(OC)c1OC)-c1c(cc(OC)c(OC)c1OC)C(C)(OC=C(C)C=O)C(C)(O)C(C)C2. The Labute approximate surface area is 224 Å². The number of methoxy groups -OCH3 is 6. The van der Waals surface area contributed by atoms with Gasteiger partial charge in [-0.2, -0.15) is 0 Å². The van der Waals surface area contributed by atoms with Gasteiger partial charge in [0.15, 0.2) is 28.6 Å². The van der Waals surface area contributed by atoms with E-state index >= 15 is 0 Å². The van der Waals surface area contributed by atoms with Gasteiger partial charge in [0.2, 0.25) is 11.5 Å². The molecule has 0 heterocycles. The first-order valence-corrected chi connectivity index (χ1v) is 12.2. The van der Waals surface area contributed by atoms with E-state index in [4.69, 9.17) is 33.2 Å². The molecule has 9 heteroatoms. The lowest BCUT2D eigenvalue weighted by Gasteiger charge is -2.48. The third-order valence-electron chi connectivity index (χ3n) is 7.62. The van der Waals surface area contributed by atoms with Crippen LogP contribution in [0.2, 0.25) is 0 Å². The molecule has 0 fully saturated rings. The predicted molar refractivity (Wildman–Crippen MR) is 143 cm³/mol. The van der Waals surface area contributed by atoms with Crippen LogP contribution in [-0.2, 0) is 21.6 Å². The van der Waals surface area contributed by atoms with E-state index in [1.54, 1.807) is 41.1 Å². The largest absolute Gasteiger partial charge is 0.493 e. The minimum absolute atomic E-state index is 0.341. The maximum Gasteiger partial charge on any atom is 0.203 e. The lowest BCUT2D eigenvalue weighted by Crippen LogP contribution is -2.54. The average molecular weight is 531 g/mol. The molecular formula is C29H38O9. The summed E-state index contributed by atoms with van der Waals surface area (Å²) in [6.07, 6.45) is 2.47. The molecule has 3 atom stereocenters. The van der Waals surface area contributed by atoms with Crippen molar-refractivity contribution in [1.29, 1.82) is 0 Å². The number of carbonyl (C=O) groups excluding carboxylic acids is 1. The highest BCUT2D eigenvalue weighted by Crippen LogP contribution is 2.59. The standard InChI is InChI=1S/C29H38O9/c1-16(14-30)15-38-29(4)19-13-21(33-6)25(35-8)27(37-10)23(19)22-18(11-17(2)28(29,3)31)12-20(32-5)24(34-7)26(22)36-9/h12-15,17,31H,11H2,1-10H3. The Morgan fingerprint density at radius 1 is 0.842 bits per heavy atom. The fourth-order valence-electron chi connectivity index (χ4n) is 5.12. The van der Waals surface area contributed by atoms with Crippen molar-refractivity contribution in [3.63, 3.8) is 0 Å². The Hall–Kier alpha value is -3.59. The summed E-state index contributed by atoms with van der Waals surface area (Å²) in [5.74, 6) is 2.04. The molecular weight excluding hydrogens is 492 g/mol. The van der Waals surface area contributed by atoms with E-state index in [1.807, 2.05) is 13.0 Å². The molecule has 0 amide bonds. The second-order valence-electron chi connectivity index (χ2n) is 9.63. The van der Waals surface area contributed by atoms with E-state index in [0.717, 1.165) is 5.56 Å². The molecule has 3 rings (SSSR count). The van der Waals surface area contributed by atoms with Crippen LogP contribution < -0.4 is 28.4 Å². The first kappa shape index (κ1) is 29.0. The van der Waals surface area contributed by atoms with Crippen molar-refractivity contribution in [3.05, 3.63) is 35.1 Å². The molecule has 1 aliphatic carbocycles. The Bertz CT molecular complexity index is 1230. The van der Waals surface area contributed by atoms with Crippen molar-refractivity contribution in [2.24, 2.45) is 5.92 Å². The van der Waals surface area contributed by atoms with Gasteiger partial charge >= 0.3 is 0 Å². The molecule has 0 saturated carbocycles. The Morgan fingerprint density at radius 3 is 1.82 bits per heavy atom. The number of hydrogen-bond donors (Lipinski definition) is 1. The van der Waals surface area contributed by atoms with Crippen LogP contribution in [-0.4, -0.2) is 59.7 Å². The van der Waals surface area contributed by atoms with Crippen molar-refractivity contribution >= 4 is 6.29 Å². The van der Waals surface area contributed by atoms with Crippen molar-refractivity contribution in [1.82, 2.24) is 0 Å². The summed E-state index contributed by atoms with van der Waals surface area (Å²) < 4.78 is 41.0. The lowest BCUT2D eigenvalue weighted by atomic mass is 9.66. The number of fused-ring (bicyclic) bond motifs is 3. The van der Waals surface area contributed by atoms with E-state index in [1.165, 1.54) is 34.7 Å². The molecule has 0 saturated heterocycles. The number of allylic oxidation sites excluding steroid dienone is 1. The molecule has 0 bridgehead atoms. The fraction of sp³-hybridized carbons (Fsp3) is 0.483. The summed E-state index contributed by atoms with van der Waals surface area (Å²) in [4.78, 5) is 11.4. The van der Waals surface area contributed by atoms with E-state index in [2.05, 4.69) is 0 Å². The molecule has 0 spiro atoms. The average Bonchev–Trinajstić information content (AvgIpc) is 2.92. The van der Waals surface area contributed by atoms with Crippen LogP contribution in [0, 0.1) is 5.92 Å². The summed E-state index contributed by atoms with van der Waals surface area (Å²) in [5.41, 5.74) is 0.107. The van der Waals surface area contributed by atoms with Gasteiger partial charge in [-0.15, -0.1) is 0 Å². The Morgan fingerprint density at radius 2 is 1.34 bits per heavy atom. The number of carbonyl (C=O) groups is 1. The van der Waals surface area contributed by atoms with Crippen molar-refractivity contribution < 1.29 is 43.1 Å². The third kappa shape index (κ3) is 4.38. The summed E-state index contributed by atoms with van der Waals surface area (Å²) in [7, 11) is 9.21. The van der Waals surface area contributed by atoms with Crippen molar-refractivity contribution in [2.75, 3.05) is 42.7 Å². The van der Waals surface area contributed by atoms with Crippen LogP contribution in [0.25, 0.3) is 11.1 Å². The van der Waals surface area contributed by atoms with Gasteiger partial charge in [-0.25, -0.2) is 0 Å². The zero-order valence-corrected chi connectivity index (χ0v) is 23.8. The number of ether oxygens (including phenoxy) is 7. The summed E-state index contributed by atoms with van der Waals surface area (Å²) in [6.45, 7) is 7.06. The number of rotatable bonds is 9. The van der Waals surface area contributed by atoms with Crippen LogP contribution >= 0.6 is 0 Å². The van der Waals surface area contributed by atoms with E-state index in [9.17, 15) is 9.90 Å². The molecule has 2 aromatic carbocycles. The van der Waals surface area contributed by atoms with Gasteiger partial charge in [0.1, 0.15) is 11.9 Å². The molecule has 0 radical (unpaired) electrons. The second kappa shape index (κ2) is 11.0. The molecule has 0 aromatic heterocycles. The highest BCUT2D eigenvalue weighted by atomic mass is 16.5. The number of aldehydes is 1. The second-order valence-corrected chi connectivity index (χ2v) is 9.63. The normalized spacial score (nSPS) is 22.7. The van der Waals surface area contributed by atoms with Gasteiger partial charge in [0.05, 0.1) is 48.9 Å². The first-order chi connectivity index (χ1) is 18.0. The van der Waals surface area contributed by atoms with Crippen LogP contribution in [0.5, 0.6) is 34.5 Å². The van der Waals surface area contributed by atoms with Gasteiger partial charge < -0.3 is 38.3 Å². The van der Waals surface area contributed by atoms with Gasteiger partial charge in [0, 0.05) is 22.3 Å². The van der Waals surface area contributed by atoms with Gasteiger partial charge in [0.25, 0.3) is 0 Å². The zero-order chi connectivity index (χ0) is 28.4. The molecule has 208 valence electrons. The van der Waals surface area contributed by atoms with E-state index < -0.39 is 11.2 Å². The van der Waals surface area contributed by atoms with Crippen LogP contribution in [0.1, 0.15) is 38.8 Å². The number of aliphatic hydroxyl groups is 1. The maximum absolute atomic E-state index is 12.2. The molecule has 3 unspecified atom stereocenters. The minimum Gasteiger partial charge on any atom is -0.493 e. The molecule has 1 aliphatic rings. The molecule has 9 nitrogen and oxygen atoms in total. The summed E-state index contributed by atoms with van der Waals surface area (Å²) >= 11 is 0. The monoisotopic (exact) mass is 530 g/mol. The highest BCUT2D eigenvalue weighted by molar-refractivity contribution is 5.89. The highest BCUT2D eigenvalue weighted by Gasteiger charge is 2.54. The van der Waals surface area contributed by atoms with Gasteiger partial charge in [-0.1, -0.05) is 6.92 Å². The van der Waals surface area contributed by atoms with E-state index in [-0.39, 0.29) is 5.92 Å². The minimum atomic E-state index is -1.45. The smallest absolute Gasteiger partial charge is 0.203 e. The molecule has 2 aromatic rings. The van der Waals surface area contributed by atoms with Gasteiger partial charge in [-0.05, 0) is 50.8 Å². The number of hydrogen-bond acceptors (Lipinski definition) is 9. The first-order valence-electron chi connectivity index (χ1n) is 12.2. The summed E-state index contributed by atoms with van der Waals surface area (Å²) in [6, 6.07) is 3.64. The summed E-state index contributed by atoms with van der Waals surface area (Å²) in [5, 5.41) is 12.2. The molecule has 1 N–H and O–H groups in total. The maximum atomic E-state index is 12.2. The topological polar surface area (TPSA) is 102 Å². The van der Waals surface area contributed by atoms with Gasteiger partial charge in [-0.3, -0.25) is 4.79 Å². The number of benzene rings is 2. The van der Waals surface area contributed by atoms with Crippen LogP contribution in [0.4, 0.5) is 0 Å². The Kier molecular flexibility index (Phi) is 8.41. The van der Waals surface area contributed by atoms with Crippen molar-refractivity contribution in [3.8, 4) is 45.6 Å². The van der Waals surface area contributed by atoms with E-state index in [0.29, 0.717) is 69.5 Å². The lowest BCUT2D eigenvalue weighted by molar-refractivity contribution is -0.169. The predicted octanol–water partition coefficient (Wildman–Crippen LogP) is 4.68. The third-order valence-corrected chi connectivity index (χ3v) is 7.62. The fourth-order valence-corrected chi connectivity index (χ4v) is 5.12. The zero-order valence-electron chi connectivity index (χ0n) is 23.8. The molecule has 0 aliphatic heterocycles. The quantitative estimate of drug-likeness (QED) is 0.281. The van der Waals surface area contributed by atoms with Crippen LogP contribution in [0.15, 0.2) is 24.0 Å². The molecule has 38 heavy (non-hydrogen) atoms. The Balaban J connectivity index is 2.67. The van der Waals surface area contributed by atoms with Crippen molar-refractivity contribution in [2.45, 2.75) is 45.3 Å².